The van der Waals surface area contributed by atoms with Gasteiger partial charge in [0.25, 0.3) is 0 Å². The van der Waals surface area contributed by atoms with Gasteiger partial charge in [-0.2, -0.15) is 12.7 Å². The van der Waals surface area contributed by atoms with E-state index in [2.05, 4.69) is 19.9 Å². The van der Waals surface area contributed by atoms with E-state index >= 15 is 0 Å². The molecule has 2 aliphatic rings. The Labute approximate surface area is 169 Å². The fourth-order valence-electron chi connectivity index (χ4n) is 4.72. The fraction of sp³-hybridized carbons (Fsp3) is 0.611. The second-order valence-electron chi connectivity index (χ2n) is 8.07. The summed E-state index contributed by atoms with van der Waals surface area (Å²) in [5.41, 5.74) is 5.51. The normalized spacial score (nSPS) is 26.1. The summed E-state index contributed by atoms with van der Waals surface area (Å²) < 4.78 is 31.6. The summed E-state index contributed by atoms with van der Waals surface area (Å²) in [6.45, 7) is 3.30. The van der Waals surface area contributed by atoms with Gasteiger partial charge in [0.1, 0.15) is 17.8 Å². The van der Waals surface area contributed by atoms with Crippen LogP contribution < -0.4 is 10.6 Å². The van der Waals surface area contributed by atoms with Gasteiger partial charge in [-0.1, -0.05) is 6.92 Å². The molecule has 29 heavy (non-hydrogen) atoms. The van der Waals surface area contributed by atoms with Gasteiger partial charge in [-0.3, -0.25) is 8.98 Å². The number of anilines is 1. The van der Waals surface area contributed by atoms with E-state index in [9.17, 15) is 13.2 Å². The number of primary amides is 1. The molecular formula is C18H26N6O4S. The van der Waals surface area contributed by atoms with Crippen LogP contribution >= 0.6 is 0 Å². The smallest absolute Gasteiger partial charge is 0.338 e. The molecule has 1 aliphatic carbocycles. The van der Waals surface area contributed by atoms with E-state index in [4.69, 9.17) is 9.92 Å². The molecule has 3 heterocycles. The van der Waals surface area contributed by atoms with Crippen molar-refractivity contribution in [1.82, 2.24) is 19.3 Å². The third kappa shape index (κ3) is 3.58. The molecule has 2 aromatic heterocycles. The van der Waals surface area contributed by atoms with Crippen molar-refractivity contribution in [3.05, 3.63) is 18.6 Å². The minimum atomic E-state index is -3.82. The van der Waals surface area contributed by atoms with Crippen molar-refractivity contribution in [3.8, 4) is 0 Å². The van der Waals surface area contributed by atoms with E-state index in [0.29, 0.717) is 26.1 Å². The Morgan fingerprint density at radius 2 is 2.24 bits per heavy atom. The van der Waals surface area contributed by atoms with Gasteiger partial charge in [0.2, 0.25) is 5.91 Å². The molecule has 10 nitrogen and oxygen atoms in total. The van der Waals surface area contributed by atoms with Gasteiger partial charge in [0, 0.05) is 32.3 Å². The van der Waals surface area contributed by atoms with Gasteiger partial charge in [0.05, 0.1) is 18.0 Å². The maximum Gasteiger partial charge on any atom is 0.338 e. The van der Waals surface area contributed by atoms with Crippen molar-refractivity contribution in [2.24, 2.45) is 17.6 Å². The zero-order chi connectivity index (χ0) is 20.8. The molecule has 3 N–H and O–H groups in total. The lowest BCUT2D eigenvalue weighted by atomic mass is 9.97. The first-order valence-electron chi connectivity index (χ1n) is 9.66. The predicted molar refractivity (Wildman–Crippen MR) is 107 cm³/mol. The summed E-state index contributed by atoms with van der Waals surface area (Å²) >= 11 is 0. The van der Waals surface area contributed by atoms with E-state index in [-0.39, 0.29) is 17.7 Å². The number of carbonyl (C=O) groups excluding carboxylic acids is 1. The number of carbonyl (C=O) groups is 1. The van der Waals surface area contributed by atoms with E-state index in [1.165, 1.54) is 17.7 Å². The number of hydrogen-bond acceptors (Lipinski definition) is 7. The van der Waals surface area contributed by atoms with Crippen LogP contribution in [-0.4, -0.2) is 65.9 Å². The topological polar surface area (TPSA) is 135 Å². The molecule has 0 bridgehead atoms. The molecule has 158 valence electrons. The van der Waals surface area contributed by atoms with Crippen LogP contribution in [0.1, 0.15) is 26.2 Å². The molecule has 3 atom stereocenters. The van der Waals surface area contributed by atoms with Gasteiger partial charge < -0.3 is 15.6 Å². The first-order valence-corrected chi connectivity index (χ1v) is 11.0. The summed E-state index contributed by atoms with van der Waals surface area (Å²) in [4.78, 5) is 25.2. The highest BCUT2D eigenvalue weighted by atomic mass is 32.2. The Kier molecular flexibility index (Phi) is 4.99. The molecule has 1 amide bonds. The highest BCUT2D eigenvalue weighted by Crippen LogP contribution is 2.55. The molecule has 2 fully saturated rings. The Morgan fingerprint density at radius 3 is 2.97 bits per heavy atom. The van der Waals surface area contributed by atoms with Crippen molar-refractivity contribution in [3.63, 3.8) is 0 Å². The van der Waals surface area contributed by atoms with Crippen LogP contribution in [0, 0.1) is 11.8 Å². The number of fused-ring (bicyclic) bond motifs is 1. The summed E-state index contributed by atoms with van der Waals surface area (Å²) in [7, 11) is -2.63. The largest absolute Gasteiger partial charge is 0.370 e. The Morgan fingerprint density at radius 1 is 1.45 bits per heavy atom. The molecule has 2 aromatic rings. The second-order valence-corrected chi connectivity index (χ2v) is 9.70. The van der Waals surface area contributed by atoms with Crippen molar-refractivity contribution >= 4 is 33.1 Å². The van der Waals surface area contributed by atoms with E-state index in [1.807, 2.05) is 19.2 Å². The number of aromatic nitrogens is 3. The van der Waals surface area contributed by atoms with E-state index in [0.717, 1.165) is 29.7 Å². The number of piperazine rings is 1. The standard InChI is InChI=1S/C18H26N6O4S/c1-12(8-15(19)25)7-13-9-18(13)10-23(5-6-24(18)29(26,27)28-2)17-14-3-4-20-16(14)21-11-22-17/h3-4,11-13H,5-10H2,1-2H3,(H2,19,25)(H,20,21,22). The molecule has 1 aliphatic heterocycles. The number of hydrogen-bond donors (Lipinski definition) is 2. The zero-order valence-corrected chi connectivity index (χ0v) is 17.4. The van der Waals surface area contributed by atoms with Gasteiger partial charge in [0.15, 0.2) is 0 Å². The van der Waals surface area contributed by atoms with Crippen molar-refractivity contribution in [2.75, 3.05) is 31.6 Å². The van der Waals surface area contributed by atoms with Gasteiger partial charge in [-0.15, -0.1) is 0 Å². The Bertz CT molecular complexity index is 1020. The fourth-order valence-corrected chi connectivity index (χ4v) is 5.93. The minimum absolute atomic E-state index is 0.0924. The second kappa shape index (κ2) is 7.22. The van der Waals surface area contributed by atoms with Crippen LogP contribution in [0.2, 0.25) is 0 Å². The third-order valence-corrected chi connectivity index (χ3v) is 7.59. The van der Waals surface area contributed by atoms with Crippen molar-refractivity contribution in [1.29, 1.82) is 0 Å². The van der Waals surface area contributed by atoms with Gasteiger partial charge in [-0.25, -0.2) is 9.97 Å². The molecular weight excluding hydrogens is 396 g/mol. The molecule has 3 unspecified atom stereocenters. The van der Waals surface area contributed by atoms with Gasteiger partial charge >= 0.3 is 10.3 Å². The van der Waals surface area contributed by atoms with E-state index in [1.54, 1.807) is 0 Å². The maximum atomic E-state index is 12.6. The lowest BCUT2D eigenvalue weighted by molar-refractivity contribution is -0.118. The molecule has 0 aromatic carbocycles. The van der Waals surface area contributed by atoms with Crippen molar-refractivity contribution < 1.29 is 17.4 Å². The number of nitrogens with two attached hydrogens (primary N) is 1. The van der Waals surface area contributed by atoms with Crippen LogP contribution in [0.5, 0.6) is 0 Å². The average Bonchev–Trinajstić information content (AvgIpc) is 3.10. The summed E-state index contributed by atoms with van der Waals surface area (Å²) in [5.74, 6) is 0.679. The SMILES string of the molecule is COS(=O)(=O)N1CCN(c2ncnc3[nH]ccc23)CC12CC2CC(C)CC(N)=O. The van der Waals surface area contributed by atoms with Crippen LogP contribution in [0.15, 0.2) is 18.6 Å². The first kappa shape index (κ1) is 20.0. The number of nitrogens with one attached hydrogen (secondary N) is 1. The molecule has 1 saturated carbocycles. The lowest BCUT2D eigenvalue weighted by Gasteiger charge is -2.42. The molecule has 11 heteroatoms. The number of nitrogens with zero attached hydrogens (tertiary/aromatic N) is 4. The maximum absolute atomic E-state index is 12.6. The van der Waals surface area contributed by atoms with Crippen LogP contribution in [-0.2, 0) is 19.3 Å². The molecule has 1 spiro atoms. The molecule has 0 radical (unpaired) electrons. The minimum Gasteiger partial charge on any atom is -0.370 e. The Hall–Kier alpha value is -2.24. The van der Waals surface area contributed by atoms with E-state index < -0.39 is 15.8 Å². The van der Waals surface area contributed by atoms with Crippen LogP contribution in [0.4, 0.5) is 5.82 Å². The zero-order valence-electron chi connectivity index (χ0n) is 16.5. The monoisotopic (exact) mass is 422 g/mol. The summed E-state index contributed by atoms with van der Waals surface area (Å²) in [6.07, 6.45) is 5.07. The first-order chi connectivity index (χ1) is 13.8. The number of amides is 1. The van der Waals surface area contributed by atoms with Crippen molar-refractivity contribution in [2.45, 2.75) is 31.7 Å². The predicted octanol–water partition coefficient (Wildman–Crippen LogP) is 0.631. The number of H-pyrrole nitrogens is 1. The highest BCUT2D eigenvalue weighted by molar-refractivity contribution is 7.84. The quantitative estimate of drug-likeness (QED) is 0.668. The Balaban J connectivity index is 1.62. The summed E-state index contributed by atoms with van der Waals surface area (Å²) in [6, 6.07) is 1.93. The molecule has 1 saturated heterocycles. The number of rotatable bonds is 7. The number of aromatic amines is 1. The molecule has 4 rings (SSSR count). The third-order valence-electron chi connectivity index (χ3n) is 6.08. The van der Waals surface area contributed by atoms with Crippen LogP contribution in [0.3, 0.4) is 0 Å². The highest BCUT2D eigenvalue weighted by Gasteiger charge is 2.63. The van der Waals surface area contributed by atoms with Gasteiger partial charge in [-0.05, 0) is 30.7 Å². The lowest BCUT2D eigenvalue weighted by Crippen LogP contribution is -2.58. The van der Waals surface area contributed by atoms with Crippen LogP contribution in [0.25, 0.3) is 11.0 Å². The summed E-state index contributed by atoms with van der Waals surface area (Å²) in [5, 5.41) is 0.907. The average molecular weight is 423 g/mol.